The van der Waals surface area contributed by atoms with Crippen molar-refractivity contribution in [2.45, 2.75) is 39.5 Å². The molecular formula is C18H22FNO. The second-order valence-corrected chi connectivity index (χ2v) is 5.88. The van der Waals surface area contributed by atoms with Crippen molar-refractivity contribution in [1.82, 2.24) is 0 Å². The van der Waals surface area contributed by atoms with Gasteiger partial charge in [-0.25, -0.2) is 4.39 Å². The topological polar surface area (TPSA) is 35.2 Å². The number of hydrogen-bond donors (Lipinski definition) is 1. The predicted molar refractivity (Wildman–Crippen MR) is 85.5 cm³/mol. The summed E-state index contributed by atoms with van der Waals surface area (Å²) in [5.41, 5.74) is 9.21. The number of ether oxygens (including phenoxy) is 1. The molecule has 0 bridgehead atoms. The Morgan fingerprint density at radius 3 is 1.95 bits per heavy atom. The van der Waals surface area contributed by atoms with Gasteiger partial charge >= 0.3 is 0 Å². The molecule has 21 heavy (non-hydrogen) atoms. The van der Waals surface area contributed by atoms with Crippen molar-refractivity contribution in [1.29, 1.82) is 0 Å². The molecule has 2 rings (SSSR count). The van der Waals surface area contributed by atoms with Gasteiger partial charge in [0.1, 0.15) is 17.3 Å². The van der Waals surface area contributed by atoms with E-state index in [1.807, 2.05) is 12.1 Å². The highest BCUT2D eigenvalue weighted by Crippen LogP contribution is 2.35. The molecule has 2 nitrogen and oxygen atoms in total. The number of nitrogen functional groups attached to an aromatic ring is 1. The van der Waals surface area contributed by atoms with Gasteiger partial charge < -0.3 is 10.5 Å². The minimum Gasteiger partial charge on any atom is -0.457 e. The highest BCUT2D eigenvalue weighted by molar-refractivity contribution is 5.60. The van der Waals surface area contributed by atoms with E-state index in [4.69, 9.17) is 10.5 Å². The molecule has 112 valence electrons. The van der Waals surface area contributed by atoms with Crippen LogP contribution in [0.25, 0.3) is 0 Å². The van der Waals surface area contributed by atoms with E-state index in [0.717, 1.165) is 16.8 Å². The van der Waals surface area contributed by atoms with Crippen LogP contribution in [0, 0.1) is 5.82 Å². The predicted octanol–water partition coefficient (Wildman–Crippen LogP) is 5.45. The molecule has 0 saturated heterocycles. The molecule has 0 unspecified atom stereocenters. The third kappa shape index (κ3) is 3.54. The van der Waals surface area contributed by atoms with Crippen molar-refractivity contribution < 1.29 is 9.13 Å². The number of anilines is 1. The van der Waals surface area contributed by atoms with Crippen LogP contribution in [0.4, 0.5) is 10.1 Å². The third-order valence-corrected chi connectivity index (χ3v) is 3.49. The van der Waals surface area contributed by atoms with Gasteiger partial charge in [0.15, 0.2) is 0 Å². The van der Waals surface area contributed by atoms with Crippen molar-refractivity contribution in [3.8, 4) is 11.5 Å². The van der Waals surface area contributed by atoms with Crippen LogP contribution >= 0.6 is 0 Å². The Kier molecular flexibility index (Phi) is 4.51. The summed E-state index contributed by atoms with van der Waals surface area (Å²) in [6.07, 6.45) is 0. The first-order valence-corrected chi connectivity index (χ1v) is 7.25. The summed E-state index contributed by atoms with van der Waals surface area (Å²) in [6, 6.07) is 10.0. The number of nitrogens with two attached hydrogens (primary N) is 1. The fourth-order valence-corrected chi connectivity index (χ4v) is 2.35. The molecule has 0 aliphatic carbocycles. The highest BCUT2D eigenvalue weighted by Gasteiger charge is 2.14. The summed E-state index contributed by atoms with van der Waals surface area (Å²) < 4.78 is 19.0. The molecule has 0 radical (unpaired) electrons. The van der Waals surface area contributed by atoms with Crippen LogP contribution in [0.2, 0.25) is 0 Å². The van der Waals surface area contributed by atoms with Gasteiger partial charge in [0, 0.05) is 11.8 Å². The van der Waals surface area contributed by atoms with E-state index in [-0.39, 0.29) is 5.82 Å². The monoisotopic (exact) mass is 287 g/mol. The maximum atomic E-state index is 13.2. The van der Waals surface area contributed by atoms with Crippen molar-refractivity contribution in [3.05, 3.63) is 53.3 Å². The van der Waals surface area contributed by atoms with E-state index in [0.29, 0.717) is 23.3 Å². The Hall–Kier alpha value is -2.03. The average Bonchev–Trinajstić information content (AvgIpc) is 2.40. The van der Waals surface area contributed by atoms with Crippen molar-refractivity contribution >= 4 is 5.69 Å². The van der Waals surface area contributed by atoms with Gasteiger partial charge in [0.25, 0.3) is 0 Å². The second-order valence-electron chi connectivity index (χ2n) is 5.88. The van der Waals surface area contributed by atoms with E-state index in [1.54, 1.807) is 12.1 Å². The van der Waals surface area contributed by atoms with Crippen LogP contribution in [-0.2, 0) is 0 Å². The number of rotatable bonds is 4. The first kappa shape index (κ1) is 15.4. The van der Waals surface area contributed by atoms with Crippen molar-refractivity contribution in [2.24, 2.45) is 0 Å². The Balaban J connectivity index is 2.44. The van der Waals surface area contributed by atoms with Crippen LogP contribution < -0.4 is 10.5 Å². The molecule has 0 spiro atoms. The van der Waals surface area contributed by atoms with Gasteiger partial charge in [-0.2, -0.15) is 0 Å². The van der Waals surface area contributed by atoms with E-state index in [1.165, 1.54) is 12.1 Å². The molecule has 0 atom stereocenters. The zero-order valence-corrected chi connectivity index (χ0v) is 13.0. The second kappa shape index (κ2) is 6.17. The molecule has 2 aromatic rings. The summed E-state index contributed by atoms with van der Waals surface area (Å²) in [7, 11) is 0. The zero-order valence-electron chi connectivity index (χ0n) is 13.0. The van der Waals surface area contributed by atoms with Gasteiger partial charge in [-0.1, -0.05) is 33.8 Å². The smallest absolute Gasteiger partial charge is 0.130 e. The first-order valence-electron chi connectivity index (χ1n) is 7.25. The summed E-state index contributed by atoms with van der Waals surface area (Å²) in [4.78, 5) is 0. The lowest BCUT2D eigenvalue weighted by Gasteiger charge is -2.18. The normalized spacial score (nSPS) is 11.2. The molecule has 0 saturated carbocycles. The molecule has 3 heteroatoms. The van der Waals surface area contributed by atoms with Gasteiger partial charge in [0.05, 0.1) is 0 Å². The van der Waals surface area contributed by atoms with Crippen molar-refractivity contribution in [2.75, 3.05) is 5.73 Å². The fourth-order valence-electron chi connectivity index (χ4n) is 2.35. The van der Waals surface area contributed by atoms with E-state index < -0.39 is 0 Å². The molecule has 0 aliphatic rings. The number of benzene rings is 2. The lowest BCUT2D eigenvalue weighted by atomic mass is 9.92. The molecule has 2 aromatic carbocycles. The van der Waals surface area contributed by atoms with Crippen LogP contribution in [-0.4, -0.2) is 0 Å². The fraction of sp³-hybridized carbons (Fsp3) is 0.333. The maximum absolute atomic E-state index is 13.2. The summed E-state index contributed by atoms with van der Waals surface area (Å²) >= 11 is 0. The summed E-state index contributed by atoms with van der Waals surface area (Å²) in [6.45, 7) is 8.40. The Bertz CT molecular complexity index is 606. The van der Waals surface area contributed by atoms with Gasteiger partial charge in [-0.15, -0.1) is 0 Å². The average molecular weight is 287 g/mol. The first-order chi connectivity index (χ1) is 9.88. The van der Waals surface area contributed by atoms with Gasteiger partial charge in [0.2, 0.25) is 0 Å². The van der Waals surface area contributed by atoms with Gasteiger partial charge in [-0.05, 0) is 47.2 Å². The highest BCUT2D eigenvalue weighted by atomic mass is 19.1. The minimum atomic E-state index is -0.309. The quantitative estimate of drug-likeness (QED) is 0.759. The largest absolute Gasteiger partial charge is 0.457 e. The zero-order chi connectivity index (χ0) is 15.6. The standard InChI is InChI=1S/C18H22FNO/c1-11(2)16-9-15(10-17(12(3)4)18(16)20)21-14-7-5-6-13(19)8-14/h5-12H,20H2,1-4H3. The molecule has 2 N–H and O–H groups in total. The van der Waals surface area contributed by atoms with Crippen LogP contribution in [0.15, 0.2) is 36.4 Å². The molecule has 0 heterocycles. The van der Waals surface area contributed by atoms with Crippen LogP contribution in [0.1, 0.15) is 50.7 Å². The van der Waals surface area contributed by atoms with Crippen LogP contribution in [0.5, 0.6) is 11.5 Å². The van der Waals surface area contributed by atoms with Crippen molar-refractivity contribution in [3.63, 3.8) is 0 Å². The lowest BCUT2D eigenvalue weighted by molar-refractivity contribution is 0.475. The lowest BCUT2D eigenvalue weighted by Crippen LogP contribution is -2.04. The summed E-state index contributed by atoms with van der Waals surface area (Å²) in [5.74, 6) is 1.49. The Morgan fingerprint density at radius 2 is 1.48 bits per heavy atom. The maximum Gasteiger partial charge on any atom is 0.130 e. The Labute approximate surface area is 125 Å². The molecule has 0 amide bonds. The molecule has 0 fully saturated rings. The van der Waals surface area contributed by atoms with E-state index in [9.17, 15) is 4.39 Å². The minimum absolute atomic E-state index is 0.304. The van der Waals surface area contributed by atoms with Crippen LogP contribution in [0.3, 0.4) is 0 Å². The van der Waals surface area contributed by atoms with E-state index >= 15 is 0 Å². The Morgan fingerprint density at radius 1 is 0.905 bits per heavy atom. The molecular weight excluding hydrogens is 265 g/mol. The SMILES string of the molecule is CC(C)c1cc(Oc2cccc(F)c2)cc(C(C)C)c1N. The summed E-state index contributed by atoms with van der Waals surface area (Å²) in [5, 5.41) is 0. The van der Waals surface area contributed by atoms with E-state index in [2.05, 4.69) is 27.7 Å². The third-order valence-electron chi connectivity index (χ3n) is 3.49. The molecule has 0 aliphatic heterocycles. The molecule has 0 aromatic heterocycles. The van der Waals surface area contributed by atoms with Gasteiger partial charge in [-0.3, -0.25) is 0 Å². The number of hydrogen-bond acceptors (Lipinski definition) is 2. The number of halogens is 1.